The van der Waals surface area contributed by atoms with Crippen molar-refractivity contribution < 1.29 is 8.42 Å². The van der Waals surface area contributed by atoms with Crippen molar-refractivity contribution >= 4 is 15.7 Å². The van der Waals surface area contributed by atoms with Crippen LogP contribution in [0.2, 0.25) is 0 Å². The van der Waals surface area contributed by atoms with Crippen molar-refractivity contribution in [2.45, 2.75) is 32.1 Å². The number of nitrogens with zero attached hydrogens (tertiary/aromatic N) is 2. The molecule has 1 aliphatic rings. The van der Waals surface area contributed by atoms with Gasteiger partial charge in [-0.05, 0) is 23.8 Å². The van der Waals surface area contributed by atoms with Crippen molar-refractivity contribution in [3.8, 4) is 0 Å². The lowest BCUT2D eigenvalue weighted by molar-refractivity contribution is 0.252. The zero-order chi connectivity index (χ0) is 15.0. The number of pyridine rings is 1. The van der Waals surface area contributed by atoms with Crippen molar-refractivity contribution in [2.24, 2.45) is 11.3 Å². The topological polar surface area (TPSA) is 62.3 Å². The summed E-state index contributed by atoms with van der Waals surface area (Å²) >= 11 is 0. The van der Waals surface area contributed by atoms with Gasteiger partial charge in [0.1, 0.15) is 4.90 Å². The highest BCUT2D eigenvalue weighted by atomic mass is 32.2. The van der Waals surface area contributed by atoms with Gasteiger partial charge in [-0.2, -0.15) is 4.31 Å². The minimum atomic E-state index is -3.47. The summed E-state index contributed by atoms with van der Waals surface area (Å²) in [5, 5.41) is 2.92. The lowest BCUT2D eigenvalue weighted by Gasteiger charge is -2.27. The van der Waals surface area contributed by atoms with E-state index >= 15 is 0 Å². The molecule has 2 heterocycles. The number of nitrogens with one attached hydrogen (secondary N) is 1. The minimum absolute atomic E-state index is 0.130. The van der Waals surface area contributed by atoms with Crippen molar-refractivity contribution in [2.75, 3.05) is 25.5 Å². The molecule has 0 radical (unpaired) electrons. The van der Waals surface area contributed by atoms with E-state index in [1.165, 1.54) is 6.20 Å². The van der Waals surface area contributed by atoms with Crippen LogP contribution in [0.4, 0.5) is 5.69 Å². The summed E-state index contributed by atoms with van der Waals surface area (Å²) in [7, 11) is -1.75. The van der Waals surface area contributed by atoms with E-state index in [0.717, 1.165) is 6.42 Å². The number of rotatable bonds is 3. The molecule has 2 rings (SSSR count). The molecule has 6 heteroatoms. The Morgan fingerprint density at radius 2 is 2.10 bits per heavy atom. The van der Waals surface area contributed by atoms with Gasteiger partial charge in [-0.25, -0.2) is 8.42 Å². The molecule has 1 N–H and O–H groups in total. The maximum Gasteiger partial charge on any atom is 0.246 e. The molecule has 1 saturated heterocycles. The van der Waals surface area contributed by atoms with Gasteiger partial charge in [0.05, 0.1) is 5.69 Å². The van der Waals surface area contributed by atoms with Crippen molar-refractivity contribution in [1.29, 1.82) is 0 Å². The number of anilines is 1. The van der Waals surface area contributed by atoms with Gasteiger partial charge in [0.2, 0.25) is 10.0 Å². The van der Waals surface area contributed by atoms with Crippen LogP contribution < -0.4 is 5.32 Å². The molecule has 1 aliphatic heterocycles. The minimum Gasteiger partial charge on any atom is -0.387 e. The second-order valence-corrected chi connectivity index (χ2v) is 8.24. The Morgan fingerprint density at radius 3 is 2.65 bits per heavy atom. The van der Waals surface area contributed by atoms with E-state index in [0.29, 0.717) is 24.7 Å². The Hall–Kier alpha value is -1.14. The zero-order valence-electron chi connectivity index (χ0n) is 12.5. The Labute approximate surface area is 121 Å². The van der Waals surface area contributed by atoms with Gasteiger partial charge in [-0.1, -0.05) is 20.8 Å². The fourth-order valence-electron chi connectivity index (χ4n) is 2.58. The first-order valence-electron chi connectivity index (χ1n) is 6.88. The van der Waals surface area contributed by atoms with Crippen LogP contribution in [0.15, 0.2) is 23.4 Å². The molecule has 1 aromatic heterocycles. The zero-order valence-corrected chi connectivity index (χ0v) is 13.4. The van der Waals surface area contributed by atoms with E-state index in [9.17, 15) is 8.42 Å². The molecular weight excluding hydrogens is 274 g/mol. The average molecular weight is 297 g/mol. The van der Waals surface area contributed by atoms with Gasteiger partial charge in [-0.3, -0.25) is 4.98 Å². The van der Waals surface area contributed by atoms with Gasteiger partial charge < -0.3 is 5.32 Å². The molecule has 1 fully saturated rings. The molecule has 1 aromatic rings. The molecule has 20 heavy (non-hydrogen) atoms. The SMILES string of the molecule is CNc1ccncc1S(=O)(=O)N1CCC(C(C)(C)C)C1. The highest BCUT2D eigenvalue weighted by Crippen LogP contribution is 2.36. The van der Waals surface area contributed by atoms with Gasteiger partial charge in [0, 0.05) is 32.5 Å². The van der Waals surface area contributed by atoms with Gasteiger partial charge in [-0.15, -0.1) is 0 Å². The molecule has 0 amide bonds. The number of hydrogen-bond donors (Lipinski definition) is 1. The molecule has 112 valence electrons. The summed E-state index contributed by atoms with van der Waals surface area (Å²) < 4.78 is 27.0. The Kier molecular flexibility index (Phi) is 4.07. The third kappa shape index (κ3) is 2.81. The average Bonchev–Trinajstić information content (AvgIpc) is 2.88. The van der Waals surface area contributed by atoms with Gasteiger partial charge in [0.15, 0.2) is 0 Å². The summed E-state index contributed by atoms with van der Waals surface area (Å²) in [4.78, 5) is 4.21. The Bertz CT molecular complexity index is 578. The monoisotopic (exact) mass is 297 g/mol. The molecule has 0 spiro atoms. The van der Waals surface area contributed by atoms with Crippen LogP contribution in [-0.2, 0) is 10.0 Å². The smallest absolute Gasteiger partial charge is 0.246 e. The summed E-state index contributed by atoms with van der Waals surface area (Å²) in [5.41, 5.74) is 0.726. The third-order valence-corrected chi connectivity index (χ3v) is 5.94. The molecule has 1 atom stereocenters. The molecule has 0 bridgehead atoms. The van der Waals surface area contributed by atoms with Crippen LogP contribution in [0.5, 0.6) is 0 Å². The molecular formula is C14H23N3O2S. The summed E-state index contributed by atoms with van der Waals surface area (Å²) in [6.07, 6.45) is 3.93. The van der Waals surface area contributed by atoms with Crippen LogP contribution in [0, 0.1) is 11.3 Å². The molecule has 1 unspecified atom stereocenters. The number of sulfonamides is 1. The molecule has 0 aromatic carbocycles. The van der Waals surface area contributed by atoms with E-state index in [1.54, 1.807) is 23.6 Å². The molecule has 0 aliphatic carbocycles. The van der Waals surface area contributed by atoms with Gasteiger partial charge >= 0.3 is 0 Å². The normalized spacial score (nSPS) is 21.1. The van der Waals surface area contributed by atoms with Crippen molar-refractivity contribution in [3.05, 3.63) is 18.5 Å². The van der Waals surface area contributed by atoms with E-state index in [-0.39, 0.29) is 10.3 Å². The number of aromatic nitrogens is 1. The maximum absolute atomic E-state index is 12.7. The van der Waals surface area contributed by atoms with E-state index < -0.39 is 10.0 Å². The fraction of sp³-hybridized carbons (Fsp3) is 0.643. The van der Waals surface area contributed by atoms with Crippen LogP contribution in [0.3, 0.4) is 0 Å². The standard InChI is InChI=1S/C14H23N3O2S/c1-14(2,3)11-6-8-17(10-11)20(18,19)13-9-16-7-5-12(13)15-4/h5,7,9,11H,6,8,10H2,1-4H3,(H,15,16). The lowest BCUT2D eigenvalue weighted by Crippen LogP contribution is -2.31. The predicted octanol–water partition coefficient (Wildman–Crippen LogP) is 2.18. The first-order chi connectivity index (χ1) is 9.26. The highest BCUT2D eigenvalue weighted by molar-refractivity contribution is 7.89. The quantitative estimate of drug-likeness (QED) is 0.929. The Morgan fingerprint density at radius 1 is 1.40 bits per heavy atom. The summed E-state index contributed by atoms with van der Waals surface area (Å²) in [6.45, 7) is 7.66. The largest absolute Gasteiger partial charge is 0.387 e. The summed E-state index contributed by atoms with van der Waals surface area (Å²) in [6, 6.07) is 1.68. The van der Waals surface area contributed by atoms with E-state index in [1.807, 2.05) is 0 Å². The predicted molar refractivity (Wildman–Crippen MR) is 80.1 cm³/mol. The number of hydrogen-bond acceptors (Lipinski definition) is 4. The molecule has 5 nitrogen and oxygen atoms in total. The first kappa shape index (κ1) is 15.3. The van der Waals surface area contributed by atoms with E-state index in [2.05, 4.69) is 31.1 Å². The first-order valence-corrected chi connectivity index (χ1v) is 8.32. The van der Waals surface area contributed by atoms with Crippen LogP contribution in [-0.4, -0.2) is 37.8 Å². The van der Waals surface area contributed by atoms with E-state index in [4.69, 9.17) is 0 Å². The van der Waals surface area contributed by atoms with Crippen LogP contribution in [0.1, 0.15) is 27.2 Å². The van der Waals surface area contributed by atoms with Crippen LogP contribution >= 0.6 is 0 Å². The fourth-order valence-corrected chi connectivity index (χ4v) is 4.23. The summed E-state index contributed by atoms with van der Waals surface area (Å²) in [5.74, 6) is 0.395. The van der Waals surface area contributed by atoms with Crippen LogP contribution in [0.25, 0.3) is 0 Å². The van der Waals surface area contributed by atoms with Gasteiger partial charge in [0.25, 0.3) is 0 Å². The Balaban J connectivity index is 2.29. The second-order valence-electron chi connectivity index (χ2n) is 6.34. The molecule has 0 saturated carbocycles. The lowest BCUT2D eigenvalue weighted by atomic mass is 9.80. The van der Waals surface area contributed by atoms with Crippen molar-refractivity contribution in [1.82, 2.24) is 9.29 Å². The second kappa shape index (κ2) is 5.33. The van der Waals surface area contributed by atoms with Crippen molar-refractivity contribution in [3.63, 3.8) is 0 Å². The highest BCUT2D eigenvalue weighted by Gasteiger charge is 2.38. The third-order valence-electron chi connectivity index (χ3n) is 4.05. The maximum atomic E-state index is 12.7.